The maximum Gasteiger partial charge on any atom is 0.261 e. The predicted molar refractivity (Wildman–Crippen MR) is 123 cm³/mol. The van der Waals surface area contributed by atoms with E-state index in [2.05, 4.69) is 72.6 Å². The van der Waals surface area contributed by atoms with Crippen molar-refractivity contribution in [1.29, 1.82) is 0 Å². The van der Waals surface area contributed by atoms with Gasteiger partial charge < -0.3 is 10.2 Å². The Labute approximate surface area is 175 Å². The summed E-state index contributed by atoms with van der Waals surface area (Å²) in [7, 11) is 0. The first-order chi connectivity index (χ1) is 14.1. The minimum atomic E-state index is -0.0176. The summed E-state index contributed by atoms with van der Waals surface area (Å²) in [6.45, 7) is 6.74. The standard InChI is InChI=1S/C24H25N3OS/c1-3-27(20-8-5-4-6-9-20)13-7-12-25-23(28)22-16-19-15-18-11-10-17(2)14-21(18)26-24(19)29-22/h4-6,8-11,14-16H,3,7,12-13H2,1-2H3,(H,25,28). The molecule has 2 heterocycles. The summed E-state index contributed by atoms with van der Waals surface area (Å²) in [4.78, 5) is 21.3. The number of rotatable bonds is 7. The fourth-order valence-corrected chi connectivity index (χ4v) is 4.45. The van der Waals surface area contributed by atoms with Crippen LogP contribution in [0.25, 0.3) is 21.1 Å². The molecule has 0 atom stereocenters. The van der Waals surface area contributed by atoms with E-state index in [-0.39, 0.29) is 5.91 Å². The molecule has 0 saturated heterocycles. The predicted octanol–water partition coefficient (Wildman–Crippen LogP) is 5.40. The number of carbonyl (C=O) groups is 1. The Hall–Kier alpha value is -2.92. The molecule has 1 amide bonds. The van der Waals surface area contributed by atoms with Gasteiger partial charge in [0.2, 0.25) is 0 Å². The average Bonchev–Trinajstić information content (AvgIpc) is 3.15. The van der Waals surface area contributed by atoms with Crippen LogP contribution in [0.4, 0.5) is 5.69 Å². The quantitative estimate of drug-likeness (QED) is 0.420. The second-order valence-corrected chi connectivity index (χ2v) is 8.24. The maximum absolute atomic E-state index is 12.6. The number of nitrogens with zero attached hydrogens (tertiary/aromatic N) is 2. The number of fused-ring (bicyclic) bond motifs is 2. The molecule has 0 fully saturated rings. The largest absolute Gasteiger partial charge is 0.372 e. The van der Waals surface area contributed by atoms with Crippen LogP contribution in [-0.2, 0) is 0 Å². The minimum Gasteiger partial charge on any atom is -0.372 e. The highest BCUT2D eigenvalue weighted by Crippen LogP contribution is 2.27. The van der Waals surface area contributed by atoms with Gasteiger partial charge in [-0.05, 0) is 56.2 Å². The van der Waals surface area contributed by atoms with Crippen molar-refractivity contribution in [2.75, 3.05) is 24.5 Å². The van der Waals surface area contributed by atoms with Crippen LogP contribution in [0.5, 0.6) is 0 Å². The first-order valence-electron chi connectivity index (χ1n) is 10.0. The van der Waals surface area contributed by atoms with Crippen molar-refractivity contribution in [2.24, 2.45) is 0 Å². The first-order valence-corrected chi connectivity index (χ1v) is 10.8. The number of hydrogen-bond donors (Lipinski definition) is 1. The summed E-state index contributed by atoms with van der Waals surface area (Å²) in [5.74, 6) is -0.0176. The smallest absolute Gasteiger partial charge is 0.261 e. The molecule has 1 N–H and O–H groups in total. The third-order valence-corrected chi connectivity index (χ3v) is 6.12. The summed E-state index contributed by atoms with van der Waals surface area (Å²) < 4.78 is 0. The van der Waals surface area contributed by atoms with E-state index in [9.17, 15) is 4.79 Å². The van der Waals surface area contributed by atoms with Gasteiger partial charge in [-0.2, -0.15) is 0 Å². The zero-order valence-corrected chi connectivity index (χ0v) is 17.6. The Kier molecular flexibility index (Phi) is 5.76. The number of carbonyl (C=O) groups excluding carboxylic acids is 1. The second kappa shape index (κ2) is 8.62. The molecule has 29 heavy (non-hydrogen) atoms. The van der Waals surface area contributed by atoms with E-state index in [1.807, 2.05) is 12.1 Å². The number of thiophene rings is 1. The molecule has 4 aromatic rings. The van der Waals surface area contributed by atoms with Crippen LogP contribution in [0.3, 0.4) is 0 Å². The number of nitrogens with one attached hydrogen (secondary N) is 1. The van der Waals surface area contributed by atoms with Crippen LogP contribution < -0.4 is 10.2 Å². The third kappa shape index (κ3) is 4.40. The molecule has 0 bridgehead atoms. The van der Waals surface area contributed by atoms with Gasteiger partial charge in [0.25, 0.3) is 5.91 Å². The van der Waals surface area contributed by atoms with Crippen LogP contribution in [0.2, 0.25) is 0 Å². The Morgan fingerprint density at radius 2 is 1.90 bits per heavy atom. The van der Waals surface area contributed by atoms with Crippen LogP contribution in [0.15, 0.2) is 60.7 Å². The van der Waals surface area contributed by atoms with Gasteiger partial charge in [0.1, 0.15) is 4.83 Å². The molecule has 0 saturated carbocycles. The van der Waals surface area contributed by atoms with Gasteiger partial charge in [-0.3, -0.25) is 4.79 Å². The lowest BCUT2D eigenvalue weighted by atomic mass is 10.1. The van der Waals surface area contributed by atoms with Gasteiger partial charge >= 0.3 is 0 Å². The molecule has 0 unspecified atom stereocenters. The second-order valence-electron chi connectivity index (χ2n) is 7.21. The minimum absolute atomic E-state index is 0.0176. The molecule has 4 rings (SSSR count). The molecule has 0 aliphatic carbocycles. The Morgan fingerprint density at radius 3 is 2.69 bits per heavy atom. The molecule has 0 aliphatic heterocycles. The van der Waals surface area contributed by atoms with E-state index in [1.165, 1.54) is 22.6 Å². The van der Waals surface area contributed by atoms with Gasteiger partial charge in [-0.1, -0.05) is 30.3 Å². The van der Waals surface area contributed by atoms with Gasteiger partial charge in [0, 0.05) is 36.1 Å². The summed E-state index contributed by atoms with van der Waals surface area (Å²) in [5, 5.41) is 5.19. The van der Waals surface area contributed by atoms with E-state index >= 15 is 0 Å². The van der Waals surface area contributed by atoms with E-state index in [0.29, 0.717) is 6.54 Å². The molecule has 0 spiro atoms. The molecule has 2 aromatic heterocycles. The molecule has 5 heteroatoms. The normalized spacial score (nSPS) is 11.1. The van der Waals surface area contributed by atoms with Crippen molar-refractivity contribution in [2.45, 2.75) is 20.3 Å². The fourth-order valence-electron chi connectivity index (χ4n) is 3.52. The zero-order valence-electron chi connectivity index (χ0n) is 16.8. The number of aryl methyl sites for hydroxylation is 1. The van der Waals surface area contributed by atoms with Crippen LogP contribution in [0, 0.1) is 6.92 Å². The highest BCUT2D eigenvalue weighted by atomic mass is 32.1. The molecular formula is C24H25N3OS. The van der Waals surface area contributed by atoms with Crippen molar-refractivity contribution in [1.82, 2.24) is 10.3 Å². The van der Waals surface area contributed by atoms with Gasteiger partial charge in [0.05, 0.1) is 10.4 Å². The van der Waals surface area contributed by atoms with E-state index < -0.39 is 0 Å². The summed E-state index contributed by atoms with van der Waals surface area (Å²) in [6, 6.07) is 20.7. The van der Waals surface area contributed by atoms with E-state index in [1.54, 1.807) is 0 Å². The molecule has 0 radical (unpaired) electrons. The molecular weight excluding hydrogens is 378 g/mol. The topological polar surface area (TPSA) is 45.2 Å². The SMILES string of the molecule is CCN(CCCNC(=O)c1cc2cc3ccc(C)cc3nc2s1)c1ccccc1. The third-order valence-electron chi connectivity index (χ3n) is 5.08. The van der Waals surface area contributed by atoms with Gasteiger partial charge in [-0.25, -0.2) is 4.98 Å². The van der Waals surface area contributed by atoms with Crippen LogP contribution >= 0.6 is 11.3 Å². The highest BCUT2D eigenvalue weighted by Gasteiger charge is 2.12. The van der Waals surface area contributed by atoms with Crippen molar-refractivity contribution < 1.29 is 4.79 Å². The monoisotopic (exact) mass is 403 g/mol. The Bertz CT molecular complexity index is 1140. The van der Waals surface area contributed by atoms with Crippen LogP contribution in [0.1, 0.15) is 28.6 Å². The number of benzene rings is 2. The number of aromatic nitrogens is 1. The molecule has 148 valence electrons. The number of pyridine rings is 1. The summed E-state index contributed by atoms with van der Waals surface area (Å²) in [6.07, 6.45) is 0.904. The average molecular weight is 404 g/mol. The maximum atomic E-state index is 12.6. The van der Waals surface area contributed by atoms with Crippen molar-refractivity contribution in [3.05, 3.63) is 71.1 Å². The molecule has 4 nitrogen and oxygen atoms in total. The van der Waals surface area contributed by atoms with E-state index in [0.717, 1.165) is 45.5 Å². The van der Waals surface area contributed by atoms with E-state index in [4.69, 9.17) is 4.98 Å². The summed E-state index contributed by atoms with van der Waals surface area (Å²) in [5.41, 5.74) is 3.39. The summed E-state index contributed by atoms with van der Waals surface area (Å²) >= 11 is 1.46. The lowest BCUT2D eigenvalue weighted by molar-refractivity contribution is 0.0957. The lowest BCUT2D eigenvalue weighted by Crippen LogP contribution is -2.29. The number of amides is 1. The number of hydrogen-bond acceptors (Lipinski definition) is 4. The van der Waals surface area contributed by atoms with Crippen molar-refractivity contribution in [3.8, 4) is 0 Å². The number of para-hydroxylation sites is 1. The Balaban J connectivity index is 1.38. The van der Waals surface area contributed by atoms with Crippen LogP contribution in [-0.4, -0.2) is 30.5 Å². The van der Waals surface area contributed by atoms with Crippen molar-refractivity contribution >= 4 is 44.1 Å². The first kappa shape index (κ1) is 19.4. The fraction of sp³-hybridized carbons (Fsp3) is 0.250. The molecule has 2 aromatic carbocycles. The highest BCUT2D eigenvalue weighted by molar-refractivity contribution is 7.20. The Morgan fingerprint density at radius 1 is 1.07 bits per heavy atom. The number of anilines is 1. The lowest BCUT2D eigenvalue weighted by Gasteiger charge is -2.23. The van der Waals surface area contributed by atoms with Crippen molar-refractivity contribution in [3.63, 3.8) is 0 Å². The van der Waals surface area contributed by atoms with Gasteiger partial charge in [0.15, 0.2) is 0 Å². The van der Waals surface area contributed by atoms with Gasteiger partial charge in [-0.15, -0.1) is 11.3 Å². The molecule has 0 aliphatic rings. The zero-order chi connectivity index (χ0) is 20.2.